The lowest BCUT2D eigenvalue weighted by atomic mass is 9.93. The first-order chi connectivity index (χ1) is 8.79. The predicted molar refractivity (Wildman–Crippen MR) is 83.3 cm³/mol. The minimum absolute atomic E-state index is 0.0204. The number of rotatable bonds is 2. The van der Waals surface area contributed by atoms with Crippen LogP contribution in [0.25, 0.3) is 0 Å². The Balaban J connectivity index is 2.36. The maximum absolute atomic E-state index is 6.25. The zero-order valence-electron chi connectivity index (χ0n) is 11.1. The summed E-state index contributed by atoms with van der Waals surface area (Å²) in [4.78, 5) is 4.62. The van der Waals surface area contributed by atoms with Crippen molar-refractivity contribution in [2.75, 3.05) is 0 Å². The minimum Gasteiger partial charge on any atom is -0.318 e. The quantitative estimate of drug-likeness (QED) is 0.865. The Morgan fingerprint density at radius 1 is 1.26 bits per heavy atom. The van der Waals surface area contributed by atoms with Gasteiger partial charge in [0.25, 0.3) is 0 Å². The SMILES string of the molecule is CC(C)(C)c1csc(C(N)c2cc(Cl)ccc2Cl)n1. The van der Waals surface area contributed by atoms with E-state index in [1.54, 1.807) is 29.5 Å². The summed E-state index contributed by atoms with van der Waals surface area (Å²) in [5.41, 5.74) is 8.12. The van der Waals surface area contributed by atoms with Crippen molar-refractivity contribution >= 4 is 34.5 Å². The van der Waals surface area contributed by atoms with Crippen LogP contribution in [0.4, 0.5) is 0 Å². The van der Waals surface area contributed by atoms with Gasteiger partial charge in [0, 0.05) is 20.8 Å². The number of thiazole rings is 1. The minimum atomic E-state index is -0.340. The molecule has 0 saturated carbocycles. The molecule has 0 aliphatic rings. The molecule has 2 aromatic rings. The summed E-state index contributed by atoms with van der Waals surface area (Å²) in [6.45, 7) is 6.39. The van der Waals surface area contributed by atoms with Gasteiger partial charge in [0.15, 0.2) is 0 Å². The monoisotopic (exact) mass is 314 g/mol. The van der Waals surface area contributed by atoms with Crippen LogP contribution in [0.1, 0.15) is 43.1 Å². The second-order valence-electron chi connectivity index (χ2n) is 5.46. The molecule has 102 valence electrons. The van der Waals surface area contributed by atoms with Crippen LogP contribution in [0.2, 0.25) is 10.0 Å². The molecule has 0 aliphatic carbocycles. The zero-order valence-corrected chi connectivity index (χ0v) is 13.4. The van der Waals surface area contributed by atoms with Gasteiger partial charge in [-0.1, -0.05) is 44.0 Å². The van der Waals surface area contributed by atoms with Crippen molar-refractivity contribution in [3.05, 3.63) is 49.9 Å². The van der Waals surface area contributed by atoms with E-state index in [1.807, 2.05) is 5.38 Å². The van der Waals surface area contributed by atoms with Crippen LogP contribution in [0.15, 0.2) is 23.6 Å². The molecule has 0 amide bonds. The highest BCUT2D eigenvalue weighted by Gasteiger charge is 2.21. The third kappa shape index (κ3) is 3.29. The number of nitrogens with zero attached hydrogens (tertiary/aromatic N) is 1. The van der Waals surface area contributed by atoms with E-state index in [1.165, 1.54) is 0 Å². The second-order valence-corrected chi connectivity index (χ2v) is 7.20. The Bertz CT molecular complexity index is 587. The van der Waals surface area contributed by atoms with Crippen molar-refractivity contribution in [3.8, 4) is 0 Å². The Kier molecular flexibility index (Phi) is 4.21. The third-order valence-corrected chi connectivity index (χ3v) is 4.36. The van der Waals surface area contributed by atoms with E-state index in [9.17, 15) is 0 Å². The lowest BCUT2D eigenvalue weighted by Crippen LogP contribution is -2.15. The molecule has 0 spiro atoms. The molecule has 0 aliphatic heterocycles. The Labute approximate surface area is 127 Å². The molecule has 1 atom stereocenters. The van der Waals surface area contributed by atoms with Gasteiger partial charge in [0.05, 0.1) is 11.7 Å². The molecule has 1 aromatic heterocycles. The second kappa shape index (κ2) is 5.41. The first-order valence-corrected chi connectivity index (χ1v) is 7.59. The fraction of sp³-hybridized carbons (Fsp3) is 0.357. The van der Waals surface area contributed by atoms with Gasteiger partial charge in [-0.25, -0.2) is 4.98 Å². The average molecular weight is 315 g/mol. The van der Waals surface area contributed by atoms with Crippen molar-refractivity contribution in [1.29, 1.82) is 0 Å². The van der Waals surface area contributed by atoms with E-state index in [0.29, 0.717) is 10.0 Å². The number of hydrogen-bond donors (Lipinski definition) is 1. The number of halogens is 2. The van der Waals surface area contributed by atoms with Crippen molar-refractivity contribution in [1.82, 2.24) is 4.98 Å². The van der Waals surface area contributed by atoms with E-state index >= 15 is 0 Å². The lowest BCUT2D eigenvalue weighted by molar-refractivity contribution is 0.569. The molecule has 2 nitrogen and oxygen atoms in total. The Morgan fingerprint density at radius 3 is 2.53 bits per heavy atom. The molecule has 19 heavy (non-hydrogen) atoms. The van der Waals surface area contributed by atoms with Gasteiger partial charge in [-0.2, -0.15) is 0 Å². The summed E-state index contributed by atoms with van der Waals surface area (Å²) in [6, 6.07) is 4.97. The smallest absolute Gasteiger partial charge is 0.114 e. The highest BCUT2D eigenvalue weighted by Crippen LogP contribution is 2.32. The van der Waals surface area contributed by atoms with Gasteiger partial charge in [-0.05, 0) is 23.8 Å². The number of benzene rings is 1. The maximum Gasteiger partial charge on any atom is 0.114 e. The summed E-state index contributed by atoms with van der Waals surface area (Å²) in [6.07, 6.45) is 0. The topological polar surface area (TPSA) is 38.9 Å². The first-order valence-electron chi connectivity index (χ1n) is 5.95. The largest absolute Gasteiger partial charge is 0.318 e. The van der Waals surface area contributed by atoms with Crippen molar-refractivity contribution in [2.24, 2.45) is 5.73 Å². The Hall–Kier alpha value is -0.610. The van der Waals surface area contributed by atoms with Crippen LogP contribution in [-0.2, 0) is 5.41 Å². The molecule has 1 unspecified atom stereocenters. The van der Waals surface area contributed by atoms with E-state index < -0.39 is 0 Å². The number of hydrogen-bond acceptors (Lipinski definition) is 3. The summed E-state index contributed by atoms with van der Waals surface area (Å²) in [7, 11) is 0. The summed E-state index contributed by atoms with van der Waals surface area (Å²) in [5, 5.41) is 4.15. The molecule has 0 radical (unpaired) electrons. The Morgan fingerprint density at radius 2 is 1.95 bits per heavy atom. The van der Waals surface area contributed by atoms with Gasteiger partial charge < -0.3 is 5.73 Å². The van der Waals surface area contributed by atoms with Crippen LogP contribution in [0, 0.1) is 0 Å². The molecule has 1 heterocycles. The molecule has 1 aromatic carbocycles. The van der Waals surface area contributed by atoms with Crippen LogP contribution in [-0.4, -0.2) is 4.98 Å². The van der Waals surface area contributed by atoms with E-state index in [4.69, 9.17) is 28.9 Å². The highest BCUT2D eigenvalue weighted by atomic mass is 35.5. The molecule has 2 N–H and O–H groups in total. The maximum atomic E-state index is 6.25. The first kappa shape index (κ1) is 14.8. The number of aromatic nitrogens is 1. The molecule has 0 saturated heterocycles. The molecule has 0 fully saturated rings. The van der Waals surface area contributed by atoms with E-state index in [-0.39, 0.29) is 11.5 Å². The van der Waals surface area contributed by atoms with Crippen molar-refractivity contribution in [2.45, 2.75) is 32.2 Å². The van der Waals surface area contributed by atoms with Gasteiger partial charge in [-0.15, -0.1) is 11.3 Å². The average Bonchev–Trinajstić information content (AvgIpc) is 2.80. The summed E-state index contributed by atoms with van der Waals surface area (Å²) < 4.78 is 0. The lowest BCUT2D eigenvalue weighted by Gasteiger charge is -2.15. The predicted octanol–water partition coefficient (Wildman–Crippen LogP) is 4.80. The van der Waals surface area contributed by atoms with E-state index in [0.717, 1.165) is 16.3 Å². The van der Waals surface area contributed by atoms with Crippen LogP contribution >= 0.6 is 34.5 Å². The van der Waals surface area contributed by atoms with Crippen LogP contribution < -0.4 is 5.73 Å². The number of nitrogens with two attached hydrogens (primary N) is 1. The zero-order chi connectivity index (χ0) is 14.2. The fourth-order valence-electron chi connectivity index (χ4n) is 1.66. The normalized spacial score (nSPS) is 13.6. The molecule has 2 rings (SSSR count). The third-order valence-electron chi connectivity index (χ3n) is 2.85. The van der Waals surface area contributed by atoms with Crippen molar-refractivity contribution < 1.29 is 0 Å². The van der Waals surface area contributed by atoms with E-state index in [2.05, 4.69) is 25.8 Å². The molecular weight excluding hydrogens is 299 g/mol. The summed E-state index contributed by atoms with van der Waals surface area (Å²) in [5.74, 6) is 0. The van der Waals surface area contributed by atoms with Crippen LogP contribution in [0.5, 0.6) is 0 Å². The molecule has 0 bridgehead atoms. The molecule has 5 heteroatoms. The van der Waals surface area contributed by atoms with Gasteiger partial charge in [-0.3, -0.25) is 0 Å². The highest BCUT2D eigenvalue weighted by molar-refractivity contribution is 7.09. The van der Waals surface area contributed by atoms with Gasteiger partial charge >= 0.3 is 0 Å². The van der Waals surface area contributed by atoms with Crippen LogP contribution in [0.3, 0.4) is 0 Å². The summed E-state index contributed by atoms with van der Waals surface area (Å²) >= 11 is 13.7. The standard InChI is InChI=1S/C14H16Cl2N2S/c1-14(2,3)11-7-19-13(18-11)12(17)9-6-8(15)4-5-10(9)16/h4-7,12H,17H2,1-3H3. The van der Waals surface area contributed by atoms with Crippen molar-refractivity contribution in [3.63, 3.8) is 0 Å². The molecular formula is C14H16Cl2N2S. The van der Waals surface area contributed by atoms with Gasteiger partial charge in [0.1, 0.15) is 5.01 Å². The van der Waals surface area contributed by atoms with Gasteiger partial charge in [0.2, 0.25) is 0 Å². The fourth-order valence-corrected chi connectivity index (χ4v) is 3.14.